The van der Waals surface area contributed by atoms with Crippen molar-refractivity contribution in [3.63, 3.8) is 0 Å². The maximum absolute atomic E-state index is 10.0. The lowest BCUT2D eigenvalue weighted by Crippen LogP contribution is -2.30. The fourth-order valence-corrected chi connectivity index (χ4v) is 1.81. The molecule has 1 aromatic rings. The van der Waals surface area contributed by atoms with Crippen molar-refractivity contribution in [1.82, 2.24) is 0 Å². The lowest BCUT2D eigenvalue weighted by molar-refractivity contribution is 0.136. The fourth-order valence-electron chi connectivity index (χ4n) is 1.81. The van der Waals surface area contributed by atoms with Crippen LogP contribution in [0.25, 0.3) is 0 Å². The van der Waals surface area contributed by atoms with Crippen molar-refractivity contribution in [2.45, 2.75) is 44.2 Å². The molecule has 1 aliphatic carbocycles. The van der Waals surface area contributed by atoms with Crippen LogP contribution in [0.1, 0.15) is 49.8 Å². The Kier molecular flexibility index (Phi) is 2.57. The minimum absolute atomic E-state index is 0.348. The van der Waals surface area contributed by atoms with E-state index in [0.29, 0.717) is 5.92 Å². The van der Waals surface area contributed by atoms with Gasteiger partial charge < -0.3 is 10.8 Å². The van der Waals surface area contributed by atoms with E-state index in [-0.39, 0.29) is 5.54 Å². The van der Waals surface area contributed by atoms with E-state index in [4.69, 9.17) is 5.73 Å². The summed E-state index contributed by atoms with van der Waals surface area (Å²) >= 11 is 0. The van der Waals surface area contributed by atoms with Crippen molar-refractivity contribution < 1.29 is 5.11 Å². The van der Waals surface area contributed by atoms with Crippen molar-refractivity contribution in [3.05, 3.63) is 35.4 Å². The van der Waals surface area contributed by atoms with Crippen molar-refractivity contribution in [2.75, 3.05) is 0 Å². The lowest BCUT2D eigenvalue weighted by Gasteiger charge is -2.18. The predicted molar refractivity (Wildman–Crippen MR) is 61.6 cm³/mol. The molecule has 1 aromatic carbocycles. The minimum atomic E-state index is -0.501. The Morgan fingerprint density at radius 1 is 1.13 bits per heavy atom. The third-order valence-corrected chi connectivity index (χ3v) is 3.29. The molecule has 2 heteroatoms. The van der Waals surface area contributed by atoms with Crippen LogP contribution in [0.15, 0.2) is 24.3 Å². The van der Waals surface area contributed by atoms with Gasteiger partial charge in [0.15, 0.2) is 0 Å². The van der Waals surface area contributed by atoms with E-state index in [9.17, 15) is 5.11 Å². The molecule has 0 aliphatic heterocycles. The summed E-state index contributed by atoms with van der Waals surface area (Å²) in [5.41, 5.74) is 7.86. The van der Waals surface area contributed by atoms with Gasteiger partial charge in [-0.2, -0.15) is 0 Å². The molecule has 0 aromatic heterocycles. The molecule has 1 saturated carbocycles. The summed E-state index contributed by atoms with van der Waals surface area (Å²) in [7, 11) is 0. The Labute approximate surface area is 91.1 Å². The van der Waals surface area contributed by atoms with Gasteiger partial charge in [-0.3, -0.25) is 0 Å². The zero-order valence-corrected chi connectivity index (χ0v) is 9.40. The molecular weight excluding hydrogens is 186 g/mol. The summed E-state index contributed by atoms with van der Waals surface area (Å²) < 4.78 is 0. The summed E-state index contributed by atoms with van der Waals surface area (Å²) in [6.45, 7) is 4.33. The van der Waals surface area contributed by atoms with Crippen LogP contribution in [0.5, 0.6) is 0 Å². The van der Waals surface area contributed by atoms with Crippen molar-refractivity contribution in [1.29, 1.82) is 0 Å². The van der Waals surface area contributed by atoms with Crippen molar-refractivity contribution >= 4 is 0 Å². The Hall–Kier alpha value is -0.860. The van der Waals surface area contributed by atoms with Crippen molar-refractivity contribution in [3.8, 4) is 0 Å². The summed E-state index contributed by atoms with van der Waals surface area (Å²) in [6, 6.07) is 8.14. The number of hydrogen-bond acceptors (Lipinski definition) is 2. The molecule has 0 saturated heterocycles. The monoisotopic (exact) mass is 205 g/mol. The van der Waals surface area contributed by atoms with Gasteiger partial charge in [0.1, 0.15) is 0 Å². The normalized spacial score (nSPS) is 20.3. The van der Waals surface area contributed by atoms with Crippen LogP contribution in [-0.2, 0) is 0 Å². The van der Waals surface area contributed by atoms with Gasteiger partial charge in [0.25, 0.3) is 0 Å². The first-order valence-corrected chi connectivity index (χ1v) is 5.60. The maximum atomic E-state index is 10.0. The third kappa shape index (κ3) is 2.06. The van der Waals surface area contributed by atoms with Gasteiger partial charge in [0.05, 0.1) is 6.10 Å². The second-order valence-corrected chi connectivity index (χ2v) is 4.96. The quantitative estimate of drug-likeness (QED) is 0.795. The molecule has 1 fully saturated rings. The highest BCUT2D eigenvalue weighted by molar-refractivity contribution is 5.29. The zero-order valence-electron chi connectivity index (χ0n) is 9.40. The minimum Gasteiger partial charge on any atom is -0.386 e. The zero-order chi connectivity index (χ0) is 11.1. The molecule has 82 valence electrons. The summed E-state index contributed by atoms with van der Waals surface area (Å²) in [5, 5.41) is 10.0. The summed E-state index contributed by atoms with van der Waals surface area (Å²) in [4.78, 5) is 0. The fraction of sp³-hybridized carbons (Fsp3) is 0.538. The predicted octanol–water partition coefficient (Wildman–Crippen LogP) is 2.33. The number of aliphatic hydroxyl groups excluding tert-OH is 1. The Bertz CT molecular complexity index is 338. The average molecular weight is 205 g/mol. The van der Waals surface area contributed by atoms with Crippen LogP contribution in [0.2, 0.25) is 0 Å². The first-order chi connectivity index (χ1) is 7.03. The molecule has 15 heavy (non-hydrogen) atoms. The van der Waals surface area contributed by atoms with Crippen LogP contribution in [0, 0.1) is 0 Å². The largest absolute Gasteiger partial charge is 0.386 e. The standard InChI is InChI=1S/C13H19NO/c1-9(2)10-3-5-11(6-4-10)12(15)13(14)7-8-13/h3-6,9,12,15H,7-8,14H2,1-2H3. The van der Waals surface area contributed by atoms with Gasteiger partial charge in [-0.05, 0) is 29.9 Å². The molecule has 1 unspecified atom stereocenters. The van der Waals surface area contributed by atoms with E-state index in [1.807, 2.05) is 12.1 Å². The third-order valence-electron chi connectivity index (χ3n) is 3.29. The first kappa shape index (κ1) is 10.7. The highest BCUT2D eigenvalue weighted by Crippen LogP contribution is 2.43. The molecular formula is C13H19NO. The smallest absolute Gasteiger partial charge is 0.0969 e. The van der Waals surface area contributed by atoms with E-state index in [2.05, 4.69) is 26.0 Å². The van der Waals surface area contributed by atoms with Crippen LogP contribution >= 0.6 is 0 Å². The van der Waals surface area contributed by atoms with Gasteiger partial charge >= 0.3 is 0 Å². The number of aliphatic hydroxyl groups is 1. The molecule has 2 rings (SSSR count). The van der Waals surface area contributed by atoms with E-state index in [1.165, 1.54) is 5.56 Å². The van der Waals surface area contributed by atoms with E-state index in [1.54, 1.807) is 0 Å². The lowest BCUT2D eigenvalue weighted by atomic mass is 9.96. The van der Waals surface area contributed by atoms with E-state index in [0.717, 1.165) is 18.4 Å². The molecule has 3 N–H and O–H groups in total. The average Bonchev–Trinajstić information content (AvgIpc) is 2.97. The highest BCUT2D eigenvalue weighted by Gasteiger charge is 2.45. The number of nitrogens with two attached hydrogens (primary N) is 1. The Balaban J connectivity index is 2.16. The molecule has 2 nitrogen and oxygen atoms in total. The van der Waals surface area contributed by atoms with Crippen LogP contribution in [0.3, 0.4) is 0 Å². The summed E-state index contributed by atoms with van der Waals surface area (Å²) in [6.07, 6.45) is 1.36. The topological polar surface area (TPSA) is 46.2 Å². The van der Waals surface area contributed by atoms with Crippen LogP contribution < -0.4 is 5.73 Å². The molecule has 1 atom stereocenters. The van der Waals surface area contributed by atoms with Crippen molar-refractivity contribution in [2.24, 2.45) is 5.73 Å². The Morgan fingerprint density at radius 2 is 1.60 bits per heavy atom. The molecule has 0 bridgehead atoms. The van der Waals surface area contributed by atoms with Gasteiger partial charge in [0.2, 0.25) is 0 Å². The van der Waals surface area contributed by atoms with E-state index < -0.39 is 6.10 Å². The second-order valence-electron chi connectivity index (χ2n) is 4.96. The molecule has 0 spiro atoms. The van der Waals surface area contributed by atoms with E-state index >= 15 is 0 Å². The van der Waals surface area contributed by atoms with Gasteiger partial charge in [-0.25, -0.2) is 0 Å². The van der Waals surface area contributed by atoms with Gasteiger partial charge in [0, 0.05) is 5.54 Å². The van der Waals surface area contributed by atoms with Gasteiger partial charge in [-0.15, -0.1) is 0 Å². The maximum Gasteiger partial charge on any atom is 0.0969 e. The SMILES string of the molecule is CC(C)c1ccc(C(O)C2(N)CC2)cc1. The van der Waals surface area contributed by atoms with Crippen LogP contribution in [-0.4, -0.2) is 10.6 Å². The summed E-state index contributed by atoms with van der Waals surface area (Å²) in [5.74, 6) is 0.531. The number of rotatable bonds is 3. The molecule has 1 aliphatic rings. The number of hydrogen-bond donors (Lipinski definition) is 2. The first-order valence-electron chi connectivity index (χ1n) is 5.60. The Morgan fingerprint density at radius 3 is 2.00 bits per heavy atom. The van der Waals surface area contributed by atoms with Crippen LogP contribution in [0.4, 0.5) is 0 Å². The second kappa shape index (κ2) is 3.62. The number of benzene rings is 1. The molecule has 0 amide bonds. The highest BCUT2D eigenvalue weighted by atomic mass is 16.3. The molecule has 0 radical (unpaired) electrons. The van der Waals surface area contributed by atoms with Gasteiger partial charge in [-0.1, -0.05) is 38.1 Å². The molecule has 0 heterocycles.